The van der Waals surface area contributed by atoms with Crippen LogP contribution in [-0.2, 0) is 10.6 Å². The normalized spacial score (nSPS) is 12.3. The molecule has 0 unspecified atom stereocenters. The van der Waals surface area contributed by atoms with Crippen LogP contribution in [0.4, 0.5) is 0 Å². The monoisotopic (exact) mass is 301 g/mol. The number of hydrogen-bond acceptors (Lipinski definition) is 3. The standard InChI is InChI=1S/CH3BrIO3S/c1-3-7(4,5)6-2/h1H3/q-1. The molecule has 0 amide bonds. The molecule has 0 aromatic carbocycles. The molecule has 0 saturated carbocycles. The van der Waals surface area contributed by atoms with E-state index in [4.69, 9.17) is 0 Å². The molecule has 0 fully saturated rings. The molecule has 0 aliphatic heterocycles. The van der Waals surface area contributed by atoms with Crippen LogP contribution in [-0.4, -0.2) is 13.3 Å². The Hall–Kier alpha value is 1.12. The zero-order chi connectivity index (χ0) is 5.91. The van der Waals surface area contributed by atoms with Gasteiger partial charge in [-0.2, -0.15) is 0 Å². The first kappa shape index (κ1) is 8.12. The average Bonchev–Trinajstić information content (AvgIpc) is 1.68. The molecular weight excluding hydrogens is 299 g/mol. The summed E-state index contributed by atoms with van der Waals surface area (Å²) in [6.07, 6.45) is 0. The Kier molecular flexibility index (Phi) is 3.72. The van der Waals surface area contributed by atoms with Crippen LogP contribution in [0.15, 0.2) is 0 Å². The van der Waals surface area contributed by atoms with Crippen molar-refractivity contribution in [1.82, 2.24) is 0 Å². The fourth-order valence-corrected chi connectivity index (χ4v) is 2.49. The van der Waals surface area contributed by atoms with Gasteiger partial charge in [-0.25, -0.2) is 0 Å². The summed E-state index contributed by atoms with van der Waals surface area (Å²) in [7, 11) is -3.13. The quantitative estimate of drug-likeness (QED) is 0.316. The zero-order valence-corrected chi connectivity index (χ0v) is 7.95. The molecule has 6 heteroatoms. The average molecular weight is 302 g/mol. The fourth-order valence-electron chi connectivity index (χ4n) is 0.0238. The maximum absolute atomic E-state index is 10.1. The van der Waals surface area contributed by atoms with E-state index >= 15 is 0 Å². The number of hydrogen-bond donors (Lipinski definition) is 0. The Morgan fingerprint density at radius 1 is 1.71 bits per heavy atom. The summed E-state index contributed by atoms with van der Waals surface area (Å²) >= 11 is 1.53. The van der Waals surface area contributed by atoms with Crippen LogP contribution in [0.2, 0.25) is 0 Å². The van der Waals surface area contributed by atoms with Crippen LogP contribution in [0.3, 0.4) is 0 Å². The zero-order valence-electron chi connectivity index (χ0n) is 3.39. The Morgan fingerprint density at radius 2 is 2.14 bits per heavy atom. The Morgan fingerprint density at radius 3 is 2.14 bits per heavy atom. The number of halogens is 2. The summed E-state index contributed by atoms with van der Waals surface area (Å²) in [4.78, 5) is 1.61. The summed E-state index contributed by atoms with van der Waals surface area (Å²) in [5, 5.41) is 0. The van der Waals surface area contributed by atoms with E-state index in [-0.39, 0.29) is 0 Å². The summed E-state index contributed by atoms with van der Waals surface area (Å²) < 4.78 is 24.2. The SMILES string of the molecule is C[I-]S(=O)(=O)OBr. The second-order valence-corrected chi connectivity index (χ2v) is 8.50. The van der Waals surface area contributed by atoms with Crippen LogP contribution in [0.25, 0.3) is 0 Å². The van der Waals surface area contributed by atoms with Crippen LogP contribution < -0.4 is 19.8 Å². The van der Waals surface area contributed by atoms with Crippen molar-refractivity contribution in [3.8, 4) is 0 Å². The summed E-state index contributed by atoms with van der Waals surface area (Å²) in [6, 6.07) is 0. The van der Waals surface area contributed by atoms with E-state index in [1.807, 2.05) is 0 Å². The molecule has 0 heterocycles. The number of alkyl halides is 1. The van der Waals surface area contributed by atoms with Crippen LogP contribution in [0, 0.1) is 0 Å². The summed E-state index contributed by atoms with van der Waals surface area (Å²) in [5.41, 5.74) is 0. The molecule has 46 valence electrons. The van der Waals surface area contributed by atoms with Crippen LogP contribution in [0.1, 0.15) is 0 Å². The third kappa shape index (κ3) is 3.68. The summed E-state index contributed by atoms with van der Waals surface area (Å²) in [6.45, 7) is 0. The van der Waals surface area contributed by atoms with Crippen LogP contribution >= 0.6 is 16.3 Å². The van der Waals surface area contributed by atoms with Gasteiger partial charge < -0.3 is 0 Å². The predicted molar refractivity (Wildman–Crippen MR) is 24.9 cm³/mol. The van der Waals surface area contributed by atoms with Gasteiger partial charge in [0.05, 0.1) is 0 Å². The minimum atomic E-state index is -3.13. The topological polar surface area (TPSA) is 43.4 Å². The number of rotatable bonds is 2. The maximum atomic E-state index is 10.1. The van der Waals surface area contributed by atoms with Gasteiger partial charge in [0, 0.05) is 0 Å². The van der Waals surface area contributed by atoms with Gasteiger partial charge in [0.2, 0.25) is 0 Å². The van der Waals surface area contributed by atoms with Crippen LogP contribution in [0.5, 0.6) is 0 Å². The molecule has 0 bridgehead atoms. The van der Waals surface area contributed by atoms with Crippen molar-refractivity contribution in [1.29, 1.82) is 0 Å². The minimum absolute atomic E-state index is 0.836. The molecular formula is CH3BrIO3S-. The van der Waals surface area contributed by atoms with Gasteiger partial charge in [0.1, 0.15) is 0 Å². The molecule has 0 radical (unpaired) electrons. The van der Waals surface area contributed by atoms with E-state index in [0.717, 1.165) is 0 Å². The molecule has 0 N–H and O–H groups in total. The van der Waals surface area contributed by atoms with Crippen molar-refractivity contribution >= 4 is 23.5 Å². The van der Waals surface area contributed by atoms with Gasteiger partial charge in [0.15, 0.2) is 0 Å². The molecule has 0 atom stereocenters. The van der Waals surface area contributed by atoms with Crippen molar-refractivity contribution in [3.63, 3.8) is 0 Å². The third-order valence-electron chi connectivity index (χ3n) is 0.264. The van der Waals surface area contributed by atoms with E-state index in [1.165, 1.54) is 0 Å². The van der Waals surface area contributed by atoms with Gasteiger partial charge in [-0.15, -0.1) is 0 Å². The third-order valence-corrected chi connectivity index (χ3v) is 7.09. The van der Waals surface area contributed by atoms with Gasteiger partial charge >= 0.3 is 60.0 Å². The molecule has 7 heavy (non-hydrogen) atoms. The molecule has 0 spiro atoms. The fraction of sp³-hybridized carbons (Fsp3) is 1.00. The first-order chi connectivity index (χ1) is 3.12. The first-order valence-electron chi connectivity index (χ1n) is 1.19. The summed E-state index contributed by atoms with van der Waals surface area (Å²) in [5.74, 6) is 0. The van der Waals surface area contributed by atoms with Gasteiger partial charge in [-0.3, -0.25) is 0 Å². The molecule has 0 aromatic heterocycles. The van der Waals surface area contributed by atoms with Crippen molar-refractivity contribution in [2.24, 2.45) is 0 Å². The molecule has 0 saturated heterocycles. The van der Waals surface area contributed by atoms with Gasteiger partial charge in [-0.05, 0) is 0 Å². The Labute approximate surface area is 59.7 Å². The molecule has 3 nitrogen and oxygen atoms in total. The second-order valence-electron chi connectivity index (χ2n) is 0.610. The van der Waals surface area contributed by atoms with Gasteiger partial charge in [0.25, 0.3) is 0 Å². The molecule has 0 rings (SSSR count). The van der Waals surface area contributed by atoms with Gasteiger partial charge in [-0.1, -0.05) is 0 Å². The van der Waals surface area contributed by atoms with E-state index in [0.29, 0.717) is 0 Å². The molecule has 0 aliphatic rings. The van der Waals surface area contributed by atoms with Crippen molar-refractivity contribution < 1.29 is 31.5 Å². The predicted octanol–water partition coefficient (Wildman–Crippen LogP) is -2.72. The molecule has 0 aliphatic carbocycles. The van der Waals surface area contributed by atoms with Crippen molar-refractivity contribution in [2.75, 3.05) is 4.93 Å². The Bertz CT molecular complexity index is 118. The van der Waals surface area contributed by atoms with E-state index in [1.54, 1.807) is 4.93 Å². The second kappa shape index (κ2) is 3.21. The van der Waals surface area contributed by atoms with Crippen molar-refractivity contribution in [2.45, 2.75) is 0 Å². The Balaban J connectivity index is 3.89. The first-order valence-corrected chi connectivity index (χ1v) is 7.94. The van der Waals surface area contributed by atoms with E-state index < -0.39 is 27.1 Å². The van der Waals surface area contributed by atoms with E-state index in [2.05, 4.69) is 19.5 Å². The van der Waals surface area contributed by atoms with Crippen molar-refractivity contribution in [3.05, 3.63) is 0 Å². The molecule has 0 aromatic rings. The van der Waals surface area contributed by atoms with E-state index in [9.17, 15) is 8.42 Å².